The maximum atomic E-state index is 2.52. The molecule has 0 unspecified atom stereocenters. The zero-order valence-corrected chi connectivity index (χ0v) is 17.6. The smallest absolute Gasteiger partial charge is 0.0454 e. The molecule has 5 heteroatoms. The average Bonchev–Trinajstić information content (AvgIpc) is 2.91. The summed E-state index contributed by atoms with van der Waals surface area (Å²) in [6.45, 7) is 5.32. The van der Waals surface area contributed by atoms with Crippen LogP contribution in [0.2, 0.25) is 34.6 Å². The molecule has 0 N–H and O–H groups in total. The van der Waals surface area contributed by atoms with Gasteiger partial charge in [0, 0.05) is 0 Å². The average molecular weight is 368 g/mol. The Balaban J connectivity index is 0. The predicted molar refractivity (Wildman–Crippen MR) is 87.7 cm³/mol. The van der Waals surface area contributed by atoms with E-state index in [1.54, 1.807) is 9.35 Å². The van der Waals surface area contributed by atoms with Crippen molar-refractivity contribution in [3.05, 3.63) is 45.2 Å². The van der Waals surface area contributed by atoms with Gasteiger partial charge in [-0.25, -0.2) is 0 Å². The Hall–Kier alpha value is 0.619. The Morgan fingerprint density at radius 2 is 1.50 bits per heavy atom. The third kappa shape index (κ3) is 7.58. The van der Waals surface area contributed by atoms with Gasteiger partial charge in [-0.15, -0.1) is 8.19 Å². The Labute approximate surface area is 140 Å². The molecule has 0 radical (unpaired) electrons. The van der Waals surface area contributed by atoms with Crippen molar-refractivity contribution >= 4 is 14.9 Å². The van der Waals surface area contributed by atoms with Gasteiger partial charge < -0.3 is 24.8 Å². The summed E-state index contributed by atoms with van der Waals surface area (Å²) in [6.07, 6.45) is 5.92. The number of hydrogen-bond donors (Lipinski definition) is 0. The Bertz CT molecular complexity index is 416. The largest absolute Gasteiger partial charge is 1.00 e. The minimum absolute atomic E-state index is 0. The molecule has 0 fully saturated rings. The molecule has 1 aromatic heterocycles. The number of halogens is 2. The van der Waals surface area contributed by atoms with E-state index in [0.29, 0.717) is 6.71 Å². The van der Waals surface area contributed by atoms with Gasteiger partial charge in [-0.05, 0) is 11.6 Å². The first-order valence-electron chi connectivity index (χ1n) is 6.90. The van der Waals surface area contributed by atoms with E-state index in [2.05, 4.69) is 70.4 Å². The van der Waals surface area contributed by atoms with Crippen LogP contribution < -0.4 is 24.8 Å². The molecule has 0 aromatic carbocycles. The molecule has 0 spiro atoms. The van der Waals surface area contributed by atoms with Crippen molar-refractivity contribution in [2.24, 2.45) is 0 Å². The van der Waals surface area contributed by atoms with E-state index in [4.69, 9.17) is 0 Å². The molecule has 0 amide bonds. The zero-order valence-electron chi connectivity index (χ0n) is 13.5. The van der Waals surface area contributed by atoms with Crippen LogP contribution >= 0.6 is 8.19 Å². The molecule has 0 nitrogen and oxygen atoms in total. The van der Waals surface area contributed by atoms with E-state index >= 15 is 0 Å². The van der Waals surface area contributed by atoms with E-state index < -0.39 is 15.3 Å². The third-order valence-electron chi connectivity index (χ3n) is 3.29. The van der Waals surface area contributed by atoms with Crippen molar-refractivity contribution in [3.63, 3.8) is 0 Å². The van der Waals surface area contributed by atoms with Crippen molar-refractivity contribution in [1.82, 2.24) is 0 Å². The third-order valence-corrected chi connectivity index (χ3v) is 8.60. The van der Waals surface area contributed by atoms with Crippen LogP contribution in [0.4, 0.5) is 0 Å². The van der Waals surface area contributed by atoms with Gasteiger partial charge in [-0.1, -0.05) is 12.1 Å². The van der Waals surface area contributed by atoms with Crippen molar-refractivity contribution in [2.45, 2.75) is 41.0 Å². The second kappa shape index (κ2) is 8.92. The summed E-state index contributed by atoms with van der Waals surface area (Å²) in [5.41, 5.74) is 1.63. The van der Waals surface area contributed by atoms with E-state index in [-0.39, 0.29) is 24.8 Å². The van der Waals surface area contributed by atoms with Gasteiger partial charge in [0.05, 0.1) is 0 Å². The molecule has 1 aliphatic rings. The molecule has 0 saturated heterocycles. The van der Waals surface area contributed by atoms with Crippen molar-refractivity contribution in [1.29, 1.82) is 0 Å². The van der Waals surface area contributed by atoms with Crippen LogP contribution in [0.25, 0.3) is 0 Å². The van der Waals surface area contributed by atoms with Gasteiger partial charge in [0.25, 0.3) is 0 Å². The van der Waals surface area contributed by atoms with Crippen LogP contribution in [0, 0.1) is 0 Å². The van der Waals surface area contributed by atoms with Crippen LogP contribution in [0.1, 0.15) is 6.42 Å². The molecule has 0 saturated carbocycles. The molecule has 0 atom stereocenters. The first-order chi connectivity index (χ1) is 8.18. The van der Waals surface area contributed by atoms with E-state index in [1.165, 1.54) is 6.42 Å². The first-order valence-corrected chi connectivity index (χ1v) is 15.1. The standard InChI is InChI=1S/C7H10B.C4H5P.4CH3.2ClH.Ti/c1-8(2)7-5-3-4-6-7;1-2-4-5-3-1;;;;;;;/h3,5H,4H2,1-2H3;1-5H;4*1H3;2*1H;/q;;;;;;;;+2/p-2. The maximum absolute atomic E-state index is 2.52. The predicted octanol–water partition coefficient (Wildman–Crippen LogP) is 0.102. The van der Waals surface area contributed by atoms with Crippen LogP contribution in [-0.2, 0) is 15.3 Å². The number of hydrogen-bond acceptors (Lipinski definition) is 0. The minimum atomic E-state index is -2.17. The van der Waals surface area contributed by atoms with Crippen LogP contribution in [-0.4, -0.2) is 6.71 Å². The summed E-state index contributed by atoms with van der Waals surface area (Å²) in [5, 5.41) is 10.1. The van der Waals surface area contributed by atoms with E-state index in [1.807, 2.05) is 0 Å². The van der Waals surface area contributed by atoms with Gasteiger partial charge >= 0.3 is 84.5 Å². The Kier molecular flexibility index (Phi) is 10.2. The quantitative estimate of drug-likeness (QED) is 0.651. The Morgan fingerprint density at radius 1 is 1.00 bits per heavy atom. The second-order valence-corrected chi connectivity index (χ2v) is 22.0. The number of rotatable bonds is 2. The van der Waals surface area contributed by atoms with Gasteiger partial charge in [0.2, 0.25) is 0 Å². The first kappa shape index (κ1) is 22.9. The summed E-state index contributed by atoms with van der Waals surface area (Å²) < 4.78 is 1.80. The molecule has 2 rings (SSSR count). The second-order valence-electron chi connectivity index (χ2n) is 7.58. The molecule has 1 aromatic rings. The SMILES string of the molecule is CB(C)C1=[C]([Ti+2]([CH3])([CH3])([CH3])[CH3])CC=C1.[Cl-].[Cl-].c1cc[pH]c1. The summed E-state index contributed by atoms with van der Waals surface area (Å²) >= 11 is -2.17. The summed E-state index contributed by atoms with van der Waals surface area (Å²) in [6, 6.07) is 4.14. The molecule has 0 bridgehead atoms. The fourth-order valence-electron chi connectivity index (χ4n) is 2.33. The van der Waals surface area contributed by atoms with E-state index in [0.717, 1.165) is 8.19 Å². The van der Waals surface area contributed by atoms with Crippen LogP contribution in [0.5, 0.6) is 0 Å². The molecule has 113 valence electrons. The fourth-order valence-corrected chi connectivity index (χ4v) is 6.73. The molecule has 20 heavy (non-hydrogen) atoms. The van der Waals surface area contributed by atoms with Crippen molar-refractivity contribution in [3.8, 4) is 0 Å². The molecule has 1 aliphatic carbocycles. The molecule has 0 aliphatic heterocycles. The summed E-state index contributed by atoms with van der Waals surface area (Å²) in [4.78, 5) is 0. The molecular formula is C15H27BCl2PTi. The molecule has 1 heterocycles. The molecular weight excluding hydrogens is 341 g/mol. The fraction of sp³-hybridized carbons (Fsp3) is 0.467. The summed E-state index contributed by atoms with van der Waals surface area (Å²) in [5.74, 6) is 4.31. The topological polar surface area (TPSA) is 0 Å². The maximum Gasteiger partial charge on any atom is -0.0454 e. The van der Waals surface area contributed by atoms with Gasteiger partial charge in [0.15, 0.2) is 0 Å². The Morgan fingerprint density at radius 3 is 1.75 bits per heavy atom. The van der Waals surface area contributed by atoms with Crippen LogP contribution in [0.15, 0.2) is 45.2 Å². The summed E-state index contributed by atoms with van der Waals surface area (Å²) in [7, 11) is 0.948. The van der Waals surface area contributed by atoms with Gasteiger partial charge in [-0.2, -0.15) is 0 Å². The van der Waals surface area contributed by atoms with E-state index in [9.17, 15) is 0 Å². The number of allylic oxidation sites excluding steroid dienone is 4. The van der Waals surface area contributed by atoms with Gasteiger partial charge in [-0.3, -0.25) is 0 Å². The normalized spacial score (nSPS) is 13.9. The minimum Gasteiger partial charge on any atom is -1.00 e. The zero-order chi connectivity index (χ0) is 13.8. The van der Waals surface area contributed by atoms with Crippen LogP contribution in [0.3, 0.4) is 0 Å². The monoisotopic (exact) mass is 367 g/mol. The van der Waals surface area contributed by atoms with Gasteiger partial charge in [0.1, 0.15) is 0 Å². The van der Waals surface area contributed by atoms with Crippen molar-refractivity contribution < 1.29 is 40.1 Å². The van der Waals surface area contributed by atoms with Crippen molar-refractivity contribution in [2.75, 3.05) is 0 Å².